The Bertz CT molecular complexity index is 579. The molecule has 1 atom stereocenters. The van der Waals surface area contributed by atoms with E-state index in [1.165, 1.54) is 11.1 Å². The van der Waals surface area contributed by atoms with Crippen molar-refractivity contribution < 1.29 is 4.74 Å². The quantitative estimate of drug-likeness (QED) is 0.704. The molecule has 0 saturated carbocycles. The molecule has 0 spiro atoms. The lowest BCUT2D eigenvalue weighted by Crippen LogP contribution is -2.35. The van der Waals surface area contributed by atoms with Gasteiger partial charge in [0.1, 0.15) is 12.4 Å². The van der Waals surface area contributed by atoms with Crippen molar-refractivity contribution in [2.75, 3.05) is 19.6 Å². The van der Waals surface area contributed by atoms with Gasteiger partial charge in [-0.05, 0) is 37.6 Å². The minimum atomic E-state index is 0.205. The van der Waals surface area contributed by atoms with Crippen LogP contribution < -0.4 is 10.5 Å². The van der Waals surface area contributed by atoms with Gasteiger partial charge in [-0.1, -0.05) is 62.4 Å². The first-order valence-corrected chi connectivity index (χ1v) is 8.99. The molecule has 2 rings (SSSR count). The lowest BCUT2D eigenvalue weighted by Gasteiger charge is -2.31. The summed E-state index contributed by atoms with van der Waals surface area (Å²) in [6.45, 7) is 7.73. The third-order valence-electron chi connectivity index (χ3n) is 4.20. The highest BCUT2D eigenvalue weighted by molar-refractivity contribution is 5.36. The van der Waals surface area contributed by atoms with Gasteiger partial charge in [-0.3, -0.25) is 4.90 Å². The van der Waals surface area contributed by atoms with Crippen LogP contribution in [0, 0.1) is 0 Å². The van der Waals surface area contributed by atoms with Crippen LogP contribution in [0.15, 0.2) is 54.6 Å². The SMILES string of the molecule is CCCN(CCC)C(CN)c1ccccc1OCc1ccccc1. The highest BCUT2D eigenvalue weighted by atomic mass is 16.5. The van der Waals surface area contributed by atoms with Crippen LogP contribution in [-0.4, -0.2) is 24.5 Å². The van der Waals surface area contributed by atoms with E-state index in [4.69, 9.17) is 10.5 Å². The Balaban J connectivity index is 2.18. The van der Waals surface area contributed by atoms with Gasteiger partial charge < -0.3 is 10.5 Å². The standard InChI is InChI=1S/C21H30N2O/c1-3-14-23(15-4-2)20(16-22)19-12-8-9-13-21(19)24-17-18-10-6-5-7-11-18/h5-13,20H,3-4,14-17,22H2,1-2H3. The van der Waals surface area contributed by atoms with Crippen LogP contribution in [-0.2, 0) is 6.61 Å². The zero-order chi connectivity index (χ0) is 17.2. The fraction of sp³-hybridized carbons (Fsp3) is 0.429. The van der Waals surface area contributed by atoms with Crippen molar-refractivity contribution >= 4 is 0 Å². The first kappa shape index (κ1) is 18.5. The smallest absolute Gasteiger partial charge is 0.124 e. The highest BCUT2D eigenvalue weighted by Gasteiger charge is 2.21. The van der Waals surface area contributed by atoms with Crippen molar-refractivity contribution in [1.82, 2.24) is 4.90 Å². The molecule has 0 radical (unpaired) electrons. The number of rotatable bonds is 10. The van der Waals surface area contributed by atoms with Gasteiger partial charge in [-0.25, -0.2) is 0 Å². The van der Waals surface area contributed by atoms with Crippen LogP contribution in [0.1, 0.15) is 43.9 Å². The Morgan fingerprint density at radius 2 is 1.54 bits per heavy atom. The number of hydrogen-bond acceptors (Lipinski definition) is 3. The molecule has 2 N–H and O–H groups in total. The lowest BCUT2D eigenvalue weighted by molar-refractivity contribution is 0.195. The molecule has 2 aromatic rings. The molecule has 0 amide bonds. The van der Waals surface area contributed by atoms with Gasteiger partial charge in [0.25, 0.3) is 0 Å². The molecule has 0 heterocycles. The third kappa shape index (κ3) is 5.08. The molecule has 0 saturated heterocycles. The van der Waals surface area contributed by atoms with Gasteiger partial charge in [-0.15, -0.1) is 0 Å². The normalized spacial score (nSPS) is 12.3. The van der Waals surface area contributed by atoms with E-state index < -0.39 is 0 Å². The minimum Gasteiger partial charge on any atom is -0.489 e. The summed E-state index contributed by atoms with van der Waals surface area (Å²) in [5, 5.41) is 0. The van der Waals surface area contributed by atoms with Gasteiger partial charge in [-0.2, -0.15) is 0 Å². The van der Waals surface area contributed by atoms with Gasteiger partial charge >= 0.3 is 0 Å². The molecule has 0 aliphatic carbocycles. The summed E-state index contributed by atoms with van der Waals surface area (Å²) in [4.78, 5) is 2.48. The third-order valence-corrected chi connectivity index (χ3v) is 4.20. The van der Waals surface area contributed by atoms with Crippen LogP contribution in [0.25, 0.3) is 0 Å². The summed E-state index contributed by atoms with van der Waals surface area (Å²) in [7, 11) is 0. The fourth-order valence-corrected chi connectivity index (χ4v) is 3.09. The molecule has 0 bridgehead atoms. The maximum Gasteiger partial charge on any atom is 0.124 e. The minimum absolute atomic E-state index is 0.205. The maximum atomic E-state index is 6.15. The molecule has 0 aliphatic rings. The van der Waals surface area contributed by atoms with Crippen LogP contribution in [0.5, 0.6) is 5.75 Å². The van der Waals surface area contributed by atoms with Gasteiger partial charge in [0.05, 0.1) is 6.04 Å². The van der Waals surface area contributed by atoms with Crippen molar-refractivity contribution in [3.8, 4) is 5.75 Å². The van der Waals surface area contributed by atoms with E-state index in [9.17, 15) is 0 Å². The average Bonchev–Trinajstić information content (AvgIpc) is 2.63. The average molecular weight is 326 g/mol. The second kappa shape index (κ2) is 10.1. The van der Waals surface area contributed by atoms with E-state index in [0.29, 0.717) is 13.2 Å². The number of nitrogens with zero attached hydrogens (tertiary/aromatic N) is 1. The molecule has 24 heavy (non-hydrogen) atoms. The molecule has 3 heteroatoms. The topological polar surface area (TPSA) is 38.5 Å². The zero-order valence-corrected chi connectivity index (χ0v) is 14.9. The molecule has 130 valence electrons. The number of hydrogen-bond donors (Lipinski definition) is 1. The molecule has 0 aromatic heterocycles. The Morgan fingerprint density at radius 1 is 0.917 bits per heavy atom. The largest absolute Gasteiger partial charge is 0.489 e. The van der Waals surface area contributed by atoms with Gasteiger partial charge in [0.15, 0.2) is 0 Å². The summed E-state index contributed by atoms with van der Waals surface area (Å²) in [5.74, 6) is 0.939. The van der Waals surface area contributed by atoms with E-state index in [1.54, 1.807) is 0 Å². The second-order valence-corrected chi connectivity index (χ2v) is 6.10. The van der Waals surface area contributed by atoms with Crippen LogP contribution in [0.4, 0.5) is 0 Å². The summed E-state index contributed by atoms with van der Waals surface area (Å²) in [6, 6.07) is 18.8. The molecular weight excluding hydrogens is 296 g/mol. The Hall–Kier alpha value is -1.84. The fourth-order valence-electron chi connectivity index (χ4n) is 3.09. The van der Waals surface area contributed by atoms with E-state index in [2.05, 4.69) is 49.1 Å². The second-order valence-electron chi connectivity index (χ2n) is 6.10. The Kier molecular flexibility index (Phi) is 7.80. The van der Waals surface area contributed by atoms with Gasteiger partial charge in [0.2, 0.25) is 0 Å². The molecule has 0 fully saturated rings. The Labute approximate surface area is 146 Å². The molecule has 1 unspecified atom stereocenters. The van der Waals surface area contributed by atoms with E-state index in [-0.39, 0.29) is 6.04 Å². The van der Waals surface area contributed by atoms with Crippen molar-refractivity contribution in [2.45, 2.75) is 39.3 Å². The highest BCUT2D eigenvalue weighted by Crippen LogP contribution is 2.29. The lowest BCUT2D eigenvalue weighted by atomic mass is 10.0. The summed E-state index contributed by atoms with van der Waals surface area (Å²) >= 11 is 0. The summed E-state index contributed by atoms with van der Waals surface area (Å²) in [6.07, 6.45) is 2.26. The van der Waals surface area contributed by atoms with Crippen LogP contribution >= 0.6 is 0 Å². The molecule has 2 aromatic carbocycles. The van der Waals surface area contributed by atoms with E-state index in [0.717, 1.165) is 31.7 Å². The zero-order valence-electron chi connectivity index (χ0n) is 14.9. The molecule has 0 aliphatic heterocycles. The first-order chi connectivity index (χ1) is 11.8. The number of ether oxygens (including phenoxy) is 1. The summed E-state index contributed by atoms with van der Waals surface area (Å²) < 4.78 is 6.13. The van der Waals surface area contributed by atoms with E-state index in [1.807, 2.05) is 24.3 Å². The summed E-state index contributed by atoms with van der Waals surface area (Å²) in [5.41, 5.74) is 8.51. The van der Waals surface area contributed by atoms with Crippen molar-refractivity contribution in [3.05, 3.63) is 65.7 Å². The monoisotopic (exact) mass is 326 g/mol. The molecular formula is C21H30N2O. The van der Waals surface area contributed by atoms with Crippen molar-refractivity contribution in [1.29, 1.82) is 0 Å². The Morgan fingerprint density at radius 3 is 2.17 bits per heavy atom. The van der Waals surface area contributed by atoms with Crippen LogP contribution in [0.2, 0.25) is 0 Å². The maximum absolute atomic E-state index is 6.15. The van der Waals surface area contributed by atoms with Crippen molar-refractivity contribution in [3.63, 3.8) is 0 Å². The van der Waals surface area contributed by atoms with Crippen molar-refractivity contribution in [2.24, 2.45) is 5.73 Å². The first-order valence-electron chi connectivity index (χ1n) is 8.99. The predicted octanol–water partition coefficient (Wildman–Crippen LogP) is 4.39. The predicted molar refractivity (Wildman–Crippen MR) is 101 cm³/mol. The van der Waals surface area contributed by atoms with E-state index >= 15 is 0 Å². The van der Waals surface area contributed by atoms with Gasteiger partial charge in [0, 0.05) is 12.1 Å². The molecule has 3 nitrogen and oxygen atoms in total. The van der Waals surface area contributed by atoms with Crippen LogP contribution in [0.3, 0.4) is 0 Å². The number of nitrogens with two attached hydrogens (primary N) is 1. The number of benzene rings is 2. The number of para-hydroxylation sites is 1.